The Morgan fingerprint density at radius 1 is 1.38 bits per heavy atom. The van der Waals surface area contributed by atoms with Crippen LogP contribution in [0.5, 0.6) is 0 Å². The lowest BCUT2D eigenvalue weighted by Gasteiger charge is -1.93. The van der Waals surface area contributed by atoms with Crippen molar-refractivity contribution in [3.8, 4) is 0 Å². The van der Waals surface area contributed by atoms with Crippen molar-refractivity contribution >= 4 is 28.8 Å². The Morgan fingerprint density at radius 3 is 2.56 bits per heavy atom. The monoisotopic (exact) mass is 255 g/mol. The Morgan fingerprint density at radius 2 is 2.06 bits per heavy atom. The van der Waals surface area contributed by atoms with E-state index < -0.39 is 4.92 Å². The zero-order chi connectivity index (χ0) is 11.5. The fraction of sp³-hybridized carbons (Fsp3) is 0.143. The second kappa shape index (κ2) is 4.49. The quantitative estimate of drug-likeness (QED) is 0.468. The molecule has 0 atom stereocenters. The molecule has 0 aliphatic carbocycles. The molecule has 2 rings (SSSR count). The van der Waals surface area contributed by atoms with E-state index in [4.69, 9.17) is 0 Å². The molecule has 2 aromatic heterocycles. The number of hydrogen-bond donors (Lipinski definition) is 0. The molecule has 0 saturated heterocycles. The van der Waals surface area contributed by atoms with E-state index in [1.165, 1.54) is 35.5 Å². The summed E-state index contributed by atoms with van der Waals surface area (Å²) in [4.78, 5) is 17.5. The van der Waals surface area contributed by atoms with E-state index in [1.807, 2.05) is 6.92 Å². The Hall–Kier alpha value is -1.61. The molecule has 0 bridgehead atoms. The summed E-state index contributed by atoms with van der Waals surface area (Å²) in [6.45, 7) is 1.85. The van der Waals surface area contributed by atoms with Gasteiger partial charge in [0.2, 0.25) is 0 Å². The minimum Gasteiger partial charge on any atom is -0.258 e. The zero-order valence-electron chi connectivity index (χ0n) is 8.02. The molecule has 0 aliphatic rings. The van der Waals surface area contributed by atoms with E-state index in [1.54, 1.807) is 0 Å². The fourth-order valence-corrected chi connectivity index (χ4v) is 2.47. The molecule has 0 radical (unpaired) electrons. The van der Waals surface area contributed by atoms with Crippen molar-refractivity contribution in [2.24, 2.45) is 0 Å². The highest BCUT2D eigenvalue weighted by atomic mass is 32.2. The summed E-state index contributed by atoms with van der Waals surface area (Å²) in [6.07, 6.45) is 2.34. The number of rotatable bonds is 3. The Labute approximate surface area is 98.1 Å². The Balaban J connectivity index is 2.14. The highest BCUT2D eigenvalue weighted by Gasteiger charge is 2.09. The molecule has 7 nitrogen and oxygen atoms in total. The largest absolute Gasteiger partial charge is 0.305 e. The SMILES string of the molecule is Cc1nnc(Sc2ncc([N+](=O)[O-])cn2)s1. The Bertz CT molecular complexity index is 512. The van der Waals surface area contributed by atoms with Crippen LogP contribution in [0.2, 0.25) is 0 Å². The number of aryl methyl sites for hydroxylation is 1. The lowest BCUT2D eigenvalue weighted by atomic mass is 10.6. The number of nitro groups is 1. The van der Waals surface area contributed by atoms with Crippen molar-refractivity contribution in [3.63, 3.8) is 0 Å². The number of nitrogens with zero attached hydrogens (tertiary/aromatic N) is 5. The normalized spacial score (nSPS) is 10.3. The molecule has 2 aromatic rings. The summed E-state index contributed by atoms with van der Waals surface area (Å²) in [7, 11) is 0. The molecule has 0 unspecified atom stereocenters. The molecule has 0 aromatic carbocycles. The fourth-order valence-electron chi connectivity index (χ4n) is 0.854. The van der Waals surface area contributed by atoms with Crippen molar-refractivity contribution in [2.75, 3.05) is 0 Å². The van der Waals surface area contributed by atoms with Crippen LogP contribution in [0.25, 0.3) is 0 Å². The maximum Gasteiger partial charge on any atom is 0.305 e. The lowest BCUT2D eigenvalue weighted by Crippen LogP contribution is -1.92. The summed E-state index contributed by atoms with van der Waals surface area (Å²) in [6, 6.07) is 0. The van der Waals surface area contributed by atoms with Crippen molar-refractivity contribution in [1.82, 2.24) is 20.2 Å². The van der Waals surface area contributed by atoms with E-state index in [2.05, 4.69) is 20.2 Å². The van der Waals surface area contributed by atoms with Gasteiger partial charge in [-0.15, -0.1) is 10.2 Å². The van der Waals surface area contributed by atoms with Gasteiger partial charge in [-0.3, -0.25) is 10.1 Å². The molecule has 0 saturated carbocycles. The van der Waals surface area contributed by atoms with Gasteiger partial charge in [0.25, 0.3) is 0 Å². The second-order valence-electron chi connectivity index (χ2n) is 2.67. The van der Waals surface area contributed by atoms with Crippen LogP contribution >= 0.6 is 23.1 Å². The average molecular weight is 255 g/mol. The molecule has 0 fully saturated rings. The number of hydrogen-bond acceptors (Lipinski definition) is 8. The van der Waals surface area contributed by atoms with Gasteiger partial charge in [0.1, 0.15) is 17.4 Å². The van der Waals surface area contributed by atoms with Gasteiger partial charge in [-0.2, -0.15) is 0 Å². The van der Waals surface area contributed by atoms with Gasteiger partial charge < -0.3 is 0 Å². The third-order valence-electron chi connectivity index (χ3n) is 1.51. The second-order valence-corrected chi connectivity index (χ2v) is 5.07. The van der Waals surface area contributed by atoms with Crippen LogP contribution in [0.4, 0.5) is 5.69 Å². The summed E-state index contributed by atoms with van der Waals surface area (Å²) in [5.74, 6) is 0. The standard InChI is InChI=1S/C7H5N5O2S2/c1-4-10-11-7(15-4)16-6-8-2-5(3-9-6)12(13)14/h2-3H,1H3. The van der Waals surface area contributed by atoms with Crippen LogP contribution in [0, 0.1) is 17.0 Å². The van der Waals surface area contributed by atoms with Gasteiger partial charge in [0.15, 0.2) is 9.50 Å². The van der Waals surface area contributed by atoms with Gasteiger partial charge in [0.05, 0.1) is 4.92 Å². The zero-order valence-corrected chi connectivity index (χ0v) is 9.66. The third kappa shape index (κ3) is 2.49. The first-order valence-corrected chi connectivity index (χ1v) is 5.73. The van der Waals surface area contributed by atoms with Crippen LogP contribution in [-0.2, 0) is 0 Å². The first kappa shape index (κ1) is 10.9. The summed E-state index contributed by atoms with van der Waals surface area (Å²) >= 11 is 2.65. The van der Waals surface area contributed by atoms with Crippen LogP contribution in [0.3, 0.4) is 0 Å². The van der Waals surface area contributed by atoms with Crippen molar-refractivity contribution < 1.29 is 4.92 Å². The third-order valence-corrected chi connectivity index (χ3v) is 3.29. The van der Waals surface area contributed by atoms with Gasteiger partial charge in [0, 0.05) is 0 Å². The van der Waals surface area contributed by atoms with Crippen LogP contribution < -0.4 is 0 Å². The van der Waals surface area contributed by atoms with Crippen LogP contribution in [0.1, 0.15) is 5.01 Å². The Kier molecular flexibility index (Phi) is 3.06. The summed E-state index contributed by atoms with van der Waals surface area (Å²) < 4.78 is 0.714. The maximum atomic E-state index is 10.4. The van der Waals surface area contributed by atoms with Crippen molar-refractivity contribution in [3.05, 3.63) is 27.5 Å². The topological polar surface area (TPSA) is 94.7 Å². The van der Waals surface area contributed by atoms with E-state index in [0.717, 1.165) is 5.01 Å². The van der Waals surface area contributed by atoms with Crippen molar-refractivity contribution in [2.45, 2.75) is 16.4 Å². The van der Waals surface area contributed by atoms with Crippen molar-refractivity contribution in [1.29, 1.82) is 0 Å². The van der Waals surface area contributed by atoms with Crippen LogP contribution in [-0.4, -0.2) is 25.1 Å². The van der Waals surface area contributed by atoms with E-state index in [9.17, 15) is 10.1 Å². The molecule has 82 valence electrons. The lowest BCUT2D eigenvalue weighted by molar-refractivity contribution is -0.385. The minimum absolute atomic E-state index is 0.127. The van der Waals surface area contributed by atoms with Gasteiger partial charge in [-0.25, -0.2) is 9.97 Å². The molecule has 0 aliphatic heterocycles. The maximum absolute atomic E-state index is 10.4. The smallest absolute Gasteiger partial charge is 0.258 e. The predicted octanol–water partition coefficient (Wildman–Crippen LogP) is 1.70. The van der Waals surface area contributed by atoms with Gasteiger partial charge in [-0.1, -0.05) is 11.3 Å². The number of aromatic nitrogens is 4. The van der Waals surface area contributed by atoms with E-state index in [0.29, 0.717) is 9.50 Å². The molecule has 9 heteroatoms. The predicted molar refractivity (Wildman–Crippen MR) is 57.5 cm³/mol. The van der Waals surface area contributed by atoms with Gasteiger partial charge in [-0.05, 0) is 18.7 Å². The summed E-state index contributed by atoms with van der Waals surface area (Å²) in [5, 5.41) is 19.4. The molecule has 0 spiro atoms. The highest BCUT2D eigenvalue weighted by molar-refractivity contribution is 8.00. The highest BCUT2D eigenvalue weighted by Crippen LogP contribution is 2.27. The van der Waals surface area contributed by atoms with E-state index in [-0.39, 0.29) is 5.69 Å². The first-order chi connectivity index (χ1) is 7.65. The average Bonchev–Trinajstić information content (AvgIpc) is 2.65. The van der Waals surface area contributed by atoms with E-state index >= 15 is 0 Å². The summed E-state index contributed by atoms with van der Waals surface area (Å²) in [5.41, 5.74) is -0.127. The molecule has 16 heavy (non-hydrogen) atoms. The van der Waals surface area contributed by atoms with Crippen LogP contribution in [0.15, 0.2) is 21.9 Å². The first-order valence-electron chi connectivity index (χ1n) is 4.09. The minimum atomic E-state index is -0.538. The molecule has 0 amide bonds. The molecular formula is C7H5N5O2S2. The van der Waals surface area contributed by atoms with Gasteiger partial charge >= 0.3 is 5.69 Å². The molecular weight excluding hydrogens is 250 g/mol. The molecule has 0 N–H and O–H groups in total. The molecule has 2 heterocycles.